The van der Waals surface area contributed by atoms with Crippen molar-refractivity contribution in [1.29, 1.82) is 0 Å². The molecule has 2 rings (SSSR count). The summed E-state index contributed by atoms with van der Waals surface area (Å²) in [6, 6.07) is 12.8. The Bertz CT molecular complexity index is 922. The van der Waals surface area contributed by atoms with Crippen LogP contribution in [0.4, 0.5) is 5.69 Å². The van der Waals surface area contributed by atoms with Gasteiger partial charge < -0.3 is 10.1 Å². The second kappa shape index (κ2) is 10.7. The van der Waals surface area contributed by atoms with Gasteiger partial charge in [0.25, 0.3) is 5.91 Å². The van der Waals surface area contributed by atoms with E-state index in [-0.39, 0.29) is 18.7 Å². The standard InChI is InChI=1S/C22H25N3O4/c1-15-8-10-18(14-16(15)2)23-20(26)12-13-22(28)25-24-21(27)11-9-17-6-4-5-7-19(17)29-3/h4-11,14H,12-13H2,1-3H3,(H,23,26)(H,24,27)(H,25,28). The highest BCUT2D eigenvalue weighted by Crippen LogP contribution is 2.18. The number of carbonyl (C=O) groups excluding carboxylic acids is 3. The Morgan fingerprint density at radius 2 is 1.66 bits per heavy atom. The molecule has 0 fully saturated rings. The molecule has 0 saturated carbocycles. The number of anilines is 1. The van der Waals surface area contributed by atoms with Crippen LogP contribution in [-0.2, 0) is 14.4 Å². The maximum absolute atomic E-state index is 12.0. The maximum atomic E-state index is 12.0. The number of hydrazine groups is 1. The lowest BCUT2D eigenvalue weighted by molar-refractivity contribution is -0.128. The Morgan fingerprint density at radius 3 is 2.38 bits per heavy atom. The van der Waals surface area contributed by atoms with Gasteiger partial charge in [0.15, 0.2) is 0 Å². The molecule has 3 amide bonds. The zero-order valence-electron chi connectivity index (χ0n) is 16.7. The zero-order valence-corrected chi connectivity index (χ0v) is 16.7. The number of methoxy groups -OCH3 is 1. The van der Waals surface area contributed by atoms with E-state index < -0.39 is 11.8 Å². The van der Waals surface area contributed by atoms with Crippen LogP contribution in [0.5, 0.6) is 5.75 Å². The number of rotatable bonds is 7. The van der Waals surface area contributed by atoms with Crippen molar-refractivity contribution in [3.63, 3.8) is 0 Å². The van der Waals surface area contributed by atoms with Gasteiger partial charge in [-0.3, -0.25) is 25.2 Å². The Labute approximate surface area is 170 Å². The average Bonchev–Trinajstić information content (AvgIpc) is 2.72. The lowest BCUT2D eigenvalue weighted by atomic mass is 10.1. The number of hydrogen-bond acceptors (Lipinski definition) is 4. The fraction of sp³-hybridized carbons (Fsp3) is 0.227. The van der Waals surface area contributed by atoms with Gasteiger partial charge in [-0.2, -0.15) is 0 Å². The summed E-state index contributed by atoms with van der Waals surface area (Å²) in [7, 11) is 1.54. The van der Waals surface area contributed by atoms with E-state index in [2.05, 4.69) is 16.2 Å². The second-order valence-electron chi connectivity index (χ2n) is 6.46. The van der Waals surface area contributed by atoms with E-state index in [1.807, 2.05) is 44.2 Å². The van der Waals surface area contributed by atoms with Gasteiger partial charge in [-0.1, -0.05) is 24.3 Å². The number of aryl methyl sites for hydroxylation is 2. The van der Waals surface area contributed by atoms with Gasteiger partial charge in [0.1, 0.15) is 5.75 Å². The highest BCUT2D eigenvalue weighted by Gasteiger charge is 2.08. The smallest absolute Gasteiger partial charge is 0.262 e. The minimum atomic E-state index is -0.496. The lowest BCUT2D eigenvalue weighted by Gasteiger charge is -2.08. The van der Waals surface area contributed by atoms with Crippen molar-refractivity contribution in [2.45, 2.75) is 26.7 Å². The van der Waals surface area contributed by atoms with Crippen LogP contribution in [-0.4, -0.2) is 24.8 Å². The van der Waals surface area contributed by atoms with Crippen LogP contribution in [0.3, 0.4) is 0 Å². The molecule has 0 radical (unpaired) electrons. The van der Waals surface area contributed by atoms with Crippen LogP contribution >= 0.6 is 0 Å². The molecule has 152 valence electrons. The zero-order chi connectivity index (χ0) is 21.2. The molecular formula is C22H25N3O4. The van der Waals surface area contributed by atoms with Crippen molar-refractivity contribution in [3.05, 3.63) is 65.2 Å². The first-order valence-electron chi connectivity index (χ1n) is 9.16. The average molecular weight is 395 g/mol. The summed E-state index contributed by atoms with van der Waals surface area (Å²) in [6.45, 7) is 3.95. The van der Waals surface area contributed by atoms with Crippen molar-refractivity contribution < 1.29 is 19.1 Å². The minimum absolute atomic E-state index is 0.00564. The van der Waals surface area contributed by atoms with E-state index in [1.54, 1.807) is 25.3 Å². The molecule has 0 aliphatic heterocycles. The van der Waals surface area contributed by atoms with Gasteiger partial charge in [0, 0.05) is 30.2 Å². The first-order valence-corrected chi connectivity index (χ1v) is 9.16. The Morgan fingerprint density at radius 1 is 0.931 bits per heavy atom. The molecule has 29 heavy (non-hydrogen) atoms. The van der Waals surface area contributed by atoms with Gasteiger partial charge >= 0.3 is 0 Å². The molecule has 0 aliphatic carbocycles. The number of nitrogens with one attached hydrogen (secondary N) is 3. The molecule has 0 heterocycles. The summed E-state index contributed by atoms with van der Waals surface area (Å²) < 4.78 is 5.19. The number of ether oxygens (including phenoxy) is 1. The quantitative estimate of drug-likeness (QED) is 0.496. The van der Waals surface area contributed by atoms with Crippen molar-refractivity contribution in [1.82, 2.24) is 10.9 Å². The summed E-state index contributed by atoms with van der Waals surface area (Å²) in [6.07, 6.45) is 2.82. The van der Waals surface area contributed by atoms with Crippen molar-refractivity contribution in [3.8, 4) is 5.75 Å². The molecule has 2 aromatic carbocycles. The van der Waals surface area contributed by atoms with Gasteiger partial charge in [0.05, 0.1) is 7.11 Å². The van der Waals surface area contributed by atoms with Crippen LogP contribution in [0.15, 0.2) is 48.5 Å². The number of benzene rings is 2. The van der Waals surface area contributed by atoms with E-state index >= 15 is 0 Å². The van der Waals surface area contributed by atoms with Crippen molar-refractivity contribution >= 4 is 29.5 Å². The normalized spacial score (nSPS) is 10.4. The topological polar surface area (TPSA) is 96.5 Å². The van der Waals surface area contributed by atoms with Crippen LogP contribution in [0, 0.1) is 13.8 Å². The van der Waals surface area contributed by atoms with Gasteiger partial charge in [-0.25, -0.2) is 0 Å². The molecule has 0 saturated heterocycles. The van der Waals surface area contributed by atoms with Crippen LogP contribution in [0.1, 0.15) is 29.5 Å². The summed E-state index contributed by atoms with van der Waals surface area (Å²) in [5.41, 5.74) is 8.20. The van der Waals surface area contributed by atoms with E-state index in [1.165, 1.54) is 6.08 Å². The Hall–Kier alpha value is -3.61. The largest absolute Gasteiger partial charge is 0.496 e. The third kappa shape index (κ3) is 7.14. The molecular weight excluding hydrogens is 370 g/mol. The monoisotopic (exact) mass is 395 g/mol. The summed E-state index contributed by atoms with van der Waals surface area (Å²) in [5.74, 6) is -0.593. The fourth-order valence-electron chi connectivity index (χ4n) is 2.47. The van der Waals surface area contributed by atoms with Gasteiger partial charge in [-0.15, -0.1) is 0 Å². The summed E-state index contributed by atoms with van der Waals surface area (Å²) in [5, 5.41) is 2.75. The Balaban J connectivity index is 1.73. The second-order valence-corrected chi connectivity index (χ2v) is 6.46. The Kier molecular flexibility index (Phi) is 7.97. The van der Waals surface area contributed by atoms with Gasteiger partial charge in [-0.05, 0) is 49.2 Å². The third-order valence-corrected chi connectivity index (χ3v) is 4.25. The van der Waals surface area contributed by atoms with E-state index in [9.17, 15) is 14.4 Å². The highest BCUT2D eigenvalue weighted by atomic mass is 16.5. The van der Waals surface area contributed by atoms with E-state index in [0.29, 0.717) is 11.4 Å². The molecule has 7 heteroatoms. The summed E-state index contributed by atoms with van der Waals surface area (Å²) in [4.78, 5) is 35.6. The molecule has 0 spiro atoms. The molecule has 0 bridgehead atoms. The van der Waals surface area contributed by atoms with Crippen LogP contribution < -0.4 is 20.9 Å². The van der Waals surface area contributed by atoms with E-state index in [4.69, 9.17) is 4.74 Å². The number of para-hydroxylation sites is 1. The molecule has 7 nitrogen and oxygen atoms in total. The highest BCUT2D eigenvalue weighted by molar-refractivity contribution is 5.95. The summed E-state index contributed by atoms with van der Waals surface area (Å²) >= 11 is 0. The molecule has 3 N–H and O–H groups in total. The van der Waals surface area contributed by atoms with Gasteiger partial charge in [0.2, 0.25) is 11.8 Å². The molecule has 0 aromatic heterocycles. The van der Waals surface area contributed by atoms with Crippen LogP contribution in [0.2, 0.25) is 0 Å². The van der Waals surface area contributed by atoms with Crippen molar-refractivity contribution in [2.75, 3.05) is 12.4 Å². The number of amides is 3. The third-order valence-electron chi connectivity index (χ3n) is 4.25. The lowest BCUT2D eigenvalue weighted by Crippen LogP contribution is -2.41. The van der Waals surface area contributed by atoms with Crippen LogP contribution in [0.25, 0.3) is 6.08 Å². The molecule has 2 aromatic rings. The number of carbonyl (C=O) groups is 3. The first kappa shape index (κ1) is 21.7. The molecule has 0 aliphatic rings. The predicted octanol–water partition coefficient (Wildman–Crippen LogP) is 2.89. The molecule has 0 unspecified atom stereocenters. The fourth-order valence-corrected chi connectivity index (χ4v) is 2.47. The number of hydrogen-bond donors (Lipinski definition) is 3. The predicted molar refractivity (Wildman–Crippen MR) is 112 cm³/mol. The first-order chi connectivity index (χ1) is 13.9. The molecule has 0 atom stereocenters. The minimum Gasteiger partial charge on any atom is -0.496 e. The SMILES string of the molecule is COc1ccccc1C=CC(=O)NNC(=O)CCC(=O)Nc1ccc(C)c(C)c1. The maximum Gasteiger partial charge on any atom is 0.262 e. The van der Waals surface area contributed by atoms with Crippen molar-refractivity contribution in [2.24, 2.45) is 0 Å². The van der Waals surface area contributed by atoms with E-state index in [0.717, 1.165) is 16.7 Å².